The van der Waals surface area contributed by atoms with Crippen LogP contribution < -0.4 is 10.6 Å². The molecule has 1 fully saturated rings. The van der Waals surface area contributed by atoms with Gasteiger partial charge >= 0.3 is 5.97 Å². The van der Waals surface area contributed by atoms with Crippen LogP contribution in [0.25, 0.3) is 0 Å². The van der Waals surface area contributed by atoms with Gasteiger partial charge in [-0.2, -0.15) is 0 Å². The van der Waals surface area contributed by atoms with E-state index < -0.39 is 12.0 Å². The highest BCUT2D eigenvalue weighted by Crippen LogP contribution is 1.97. The predicted molar refractivity (Wildman–Crippen MR) is 35.3 cm³/mol. The summed E-state index contributed by atoms with van der Waals surface area (Å²) < 4.78 is 0. The van der Waals surface area contributed by atoms with E-state index in [4.69, 9.17) is 5.11 Å². The van der Waals surface area contributed by atoms with Crippen LogP contribution >= 0.6 is 12.6 Å². The number of hydrogen-bond acceptors (Lipinski definition) is 4. The first-order valence-corrected chi connectivity index (χ1v) is 3.12. The summed E-state index contributed by atoms with van der Waals surface area (Å²) in [5.41, 5.74) is -0.175. The van der Waals surface area contributed by atoms with Gasteiger partial charge in [-0.25, -0.2) is 0 Å². The molecule has 9 heavy (non-hydrogen) atoms. The molecule has 0 aliphatic carbocycles. The summed E-state index contributed by atoms with van der Waals surface area (Å²) in [5, 5.41) is 13.9. The van der Waals surface area contributed by atoms with Crippen LogP contribution in [-0.2, 0) is 4.79 Å². The lowest BCUT2D eigenvalue weighted by molar-refractivity contribution is -0.138. The summed E-state index contributed by atoms with van der Waals surface area (Å²) in [4.78, 5) is 10.2. The maximum Gasteiger partial charge on any atom is 0.322 e. The van der Waals surface area contributed by atoms with Crippen molar-refractivity contribution < 1.29 is 9.90 Å². The minimum atomic E-state index is -0.834. The molecule has 5 heteroatoms. The first-order chi connectivity index (χ1) is 4.20. The Kier molecular flexibility index (Phi) is 1.94. The molecule has 1 heterocycles. The SMILES string of the molecule is O=C(O)C1CNC(S)N1. The Bertz CT molecular complexity index is 130. The monoisotopic (exact) mass is 148 g/mol. The number of aliphatic carboxylic acids is 1. The molecule has 0 aromatic heterocycles. The Morgan fingerprint density at radius 1 is 1.78 bits per heavy atom. The highest BCUT2D eigenvalue weighted by molar-refractivity contribution is 7.80. The average molecular weight is 148 g/mol. The highest BCUT2D eigenvalue weighted by Gasteiger charge is 2.25. The van der Waals surface area contributed by atoms with Crippen molar-refractivity contribution in [3.63, 3.8) is 0 Å². The Labute approximate surface area is 58.0 Å². The molecule has 0 saturated carbocycles. The number of hydrogen-bond donors (Lipinski definition) is 4. The molecule has 1 saturated heterocycles. The van der Waals surface area contributed by atoms with Crippen molar-refractivity contribution in [2.75, 3.05) is 6.54 Å². The highest BCUT2D eigenvalue weighted by atomic mass is 32.1. The molecule has 3 N–H and O–H groups in total. The van der Waals surface area contributed by atoms with E-state index in [2.05, 4.69) is 23.3 Å². The minimum Gasteiger partial charge on any atom is -0.480 e. The van der Waals surface area contributed by atoms with Gasteiger partial charge in [0.25, 0.3) is 0 Å². The van der Waals surface area contributed by atoms with Crippen molar-refractivity contribution in [1.82, 2.24) is 10.6 Å². The van der Waals surface area contributed by atoms with Gasteiger partial charge in [0.05, 0.1) is 0 Å². The summed E-state index contributed by atoms with van der Waals surface area (Å²) >= 11 is 3.96. The largest absolute Gasteiger partial charge is 0.480 e. The third kappa shape index (κ3) is 1.57. The third-order valence-corrected chi connectivity index (χ3v) is 1.50. The number of thiol groups is 1. The molecule has 2 unspecified atom stereocenters. The molecule has 0 bridgehead atoms. The maximum absolute atomic E-state index is 10.2. The molecule has 0 aromatic rings. The number of carboxylic acid groups (broad SMARTS) is 1. The van der Waals surface area contributed by atoms with E-state index >= 15 is 0 Å². The topological polar surface area (TPSA) is 61.4 Å². The molecule has 4 nitrogen and oxygen atoms in total. The van der Waals surface area contributed by atoms with E-state index in [1.54, 1.807) is 0 Å². The lowest BCUT2D eigenvalue weighted by Gasteiger charge is -2.01. The van der Waals surface area contributed by atoms with E-state index in [9.17, 15) is 4.79 Å². The molecule has 0 spiro atoms. The van der Waals surface area contributed by atoms with Crippen LogP contribution in [0.3, 0.4) is 0 Å². The van der Waals surface area contributed by atoms with Crippen LogP contribution in [0, 0.1) is 0 Å². The molecular weight excluding hydrogens is 140 g/mol. The second-order valence-electron chi connectivity index (χ2n) is 1.87. The standard InChI is InChI=1S/C4H8N2O2S/c7-3(8)2-1-5-4(9)6-2/h2,4-6,9H,1H2,(H,7,8). The lowest BCUT2D eigenvalue weighted by atomic mass is 10.3. The summed E-state index contributed by atoms with van der Waals surface area (Å²) in [5.74, 6) is -0.834. The fourth-order valence-corrected chi connectivity index (χ4v) is 0.982. The van der Waals surface area contributed by atoms with Gasteiger partial charge < -0.3 is 5.11 Å². The lowest BCUT2D eigenvalue weighted by Crippen LogP contribution is -2.34. The first-order valence-electron chi connectivity index (χ1n) is 2.60. The fourth-order valence-electron chi connectivity index (χ4n) is 0.696. The van der Waals surface area contributed by atoms with Gasteiger partial charge in [0.15, 0.2) is 0 Å². The Hall–Kier alpha value is -0.260. The van der Waals surface area contributed by atoms with E-state index in [1.165, 1.54) is 0 Å². The Balaban J connectivity index is 2.39. The van der Waals surface area contributed by atoms with Crippen molar-refractivity contribution >= 4 is 18.6 Å². The zero-order chi connectivity index (χ0) is 6.85. The van der Waals surface area contributed by atoms with Crippen molar-refractivity contribution in [3.8, 4) is 0 Å². The van der Waals surface area contributed by atoms with Crippen LogP contribution in [-0.4, -0.2) is 29.2 Å². The second kappa shape index (κ2) is 2.55. The van der Waals surface area contributed by atoms with Crippen molar-refractivity contribution in [1.29, 1.82) is 0 Å². The number of rotatable bonds is 1. The molecule has 52 valence electrons. The van der Waals surface area contributed by atoms with E-state index in [0.29, 0.717) is 6.54 Å². The van der Waals surface area contributed by atoms with Crippen LogP contribution in [0.4, 0.5) is 0 Å². The molecule has 2 atom stereocenters. The Morgan fingerprint density at radius 2 is 2.44 bits per heavy atom. The van der Waals surface area contributed by atoms with E-state index in [0.717, 1.165) is 0 Å². The van der Waals surface area contributed by atoms with Crippen LogP contribution in [0.5, 0.6) is 0 Å². The normalized spacial score (nSPS) is 34.8. The van der Waals surface area contributed by atoms with Gasteiger partial charge in [0, 0.05) is 6.54 Å². The smallest absolute Gasteiger partial charge is 0.322 e. The van der Waals surface area contributed by atoms with Crippen LogP contribution in [0.2, 0.25) is 0 Å². The van der Waals surface area contributed by atoms with Crippen molar-refractivity contribution in [2.24, 2.45) is 0 Å². The summed E-state index contributed by atoms with van der Waals surface area (Å²) in [6, 6.07) is -0.479. The average Bonchev–Trinajstić information content (AvgIpc) is 2.14. The molecular formula is C4H8N2O2S. The van der Waals surface area contributed by atoms with Crippen molar-refractivity contribution in [2.45, 2.75) is 11.5 Å². The number of nitrogens with one attached hydrogen (secondary N) is 2. The molecule has 0 radical (unpaired) electrons. The van der Waals surface area contributed by atoms with Gasteiger partial charge in [-0.15, -0.1) is 12.6 Å². The Morgan fingerprint density at radius 3 is 2.67 bits per heavy atom. The van der Waals surface area contributed by atoms with E-state index in [-0.39, 0.29) is 5.50 Å². The summed E-state index contributed by atoms with van der Waals surface area (Å²) in [6.07, 6.45) is 0. The maximum atomic E-state index is 10.2. The van der Waals surface area contributed by atoms with Gasteiger partial charge in [-0.1, -0.05) is 0 Å². The first kappa shape index (κ1) is 6.85. The third-order valence-electron chi connectivity index (χ3n) is 1.17. The second-order valence-corrected chi connectivity index (χ2v) is 2.38. The zero-order valence-corrected chi connectivity index (χ0v) is 5.56. The molecule has 1 rings (SSSR count). The summed E-state index contributed by atoms with van der Waals surface area (Å²) in [6.45, 7) is 0.448. The van der Waals surface area contributed by atoms with Crippen LogP contribution in [0.1, 0.15) is 0 Å². The molecule has 1 aliphatic rings. The van der Waals surface area contributed by atoms with Gasteiger partial charge in [-0.05, 0) is 0 Å². The quantitative estimate of drug-likeness (QED) is 0.354. The zero-order valence-electron chi connectivity index (χ0n) is 4.66. The van der Waals surface area contributed by atoms with E-state index in [1.807, 2.05) is 0 Å². The molecule has 1 aliphatic heterocycles. The molecule has 0 aromatic carbocycles. The fraction of sp³-hybridized carbons (Fsp3) is 0.750. The van der Waals surface area contributed by atoms with Gasteiger partial charge in [-0.3, -0.25) is 15.4 Å². The van der Waals surface area contributed by atoms with Crippen LogP contribution in [0.15, 0.2) is 0 Å². The predicted octanol–water partition coefficient (Wildman–Crippen LogP) is -1.15. The number of carbonyl (C=O) groups is 1. The van der Waals surface area contributed by atoms with Gasteiger partial charge in [0.1, 0.15) is 11.5 Å². The number of carboxylic acids is 1. The molecule has 0 amide bonds. The minimum absolute atomic E-state index is 0.175. The van der Waals surface area contributed by atoms with Gasteiger partial charge in [0.2, 0.25) is 0 Å². The van der Waals surface area contributed by atoms with Crippen molar-refractivity contribution in [3.05, 3.63) is 0 Å². The summed E-state index contributed by atoms with van der Waals surface area (Å²) in [7, 11) is 0.